The van der Waals surface area contributed by atoms with E-state index in [1.165, 1.54) is 0 Å². The number of hydrogen-bond donors (Lipinski definition) is 0. The molecule has 0 fully saturated rings. The Kier molecular flexibility index (Phi) is 4.33. The van der Waals surface area contributed by atoms with Gasteiger partial charge in [-0.25, -0.2) is 0 Å². The Morgan fingerprint density at radius 1 is 0.778 bits per heavy atom. The molecule has 98 valence electrons. The summed E-state index contributed by atoms with van der Waals surface area (Å²) in [4.78, 5) is 0. The van der Waals surface area contributed by atoms with E-state index in [4.69, 9.17) is 0 Å². The molecule has 0 radical (unpaired) electrons. The van der Waals surface area contributed by atoms with Gasteiger partial charge in [0, 0.05) is 0 Å². The number of hydrogen-bond acceptors (Lipinski definition) is 0. The van der Waals surface area contributed by atoms with Gasteiger partial charge < -0.3 is 0 Å². The Balaban J connectivity index is 2.48. The second kappa shape index (κ2) is 5.46. The van der Waals surface area contributed by atoms with Gasteiger partial charge in [0.1, 0.15) is 0 Å². The first-order valence-corrected chi connectivity index (χ1v) is 9.41. The molecule has 0 aliphatic rings. The van der Waals surface area contributed by atoms with E-state index in [2.05, 4.69) is 27.7 Å². The van der Waals surface area contributed by atoms with Crippen molar-refractivity contribution in [2.75, 3.05) is 0 Å². The zero-order valence-corrected chi connectivity index (χ0v) is 14.3. The second-order valence-electron chi connectivity index (χ2n) is 4.96. The van der Waals surface area contributed by atoms with Gasteiger partial charge in [-0.3, -0.25) is 0 Å². The number of halogens is 2. The van der Waals surface area contributed by atoms with Crippen molar-refractivity contribution in [1.29, 1.82) is 0 Å². The average Bonchev–Trinajstić information content (AvgIpc) is 2.82. The predicted molar refractivity (Wildman–Crippen MR) is 73.9 cm³/mol. The van der Waals surface area contributed by atoms with E-state index in [1.54, 1.807) is 12.1 Å². The molecule has 18 heavy (non-hydrogen) atoms. The first kappa shape index (κ1) is 14.3. The zero-order chi connectivity index (χ0) is 13.4. The fraction of sp³-hybridized carbons (Fsp3) is 0.429. The SMILES string of the molecule is CC(C)c1cc(F)c(-c2[se]c(C(C)C)cc2F)[se]1. The Hall–Kier alpha value is -0.141. The summed E-state index contributed by atoms with van der Waals surface area (Å²) in [6.45, 7) is 8.25. The van der Waals surface area contributed by atoms with Crippen LogP contribution in [-0.2, 0) is 0 Å². The van der Waals surface area contributed by atoms with Gasteiger partial charge in [0.15, 0.2) is 0 Å². The summed E-state index contributed by atoms with van der Waals surface area (Å²) in [5.41, 5.74) is 0. The standard InChI is InChI=1S/C14H16F2Se2/c1-7(2)11-5-9(15)13(17-11)14-10(16)6-12(18-14)8(3)4/h5-8H,1-4H3. The van der Waals surface area contributed by atoms with Crippen LogP contribution < -0.4 is 0 Å². The van der Waals surface area contributed by atoms with Crippen molar-refractivity contribution in [3.8, 4) is 8.87 Å². The third-order valence-corrected chi connectivity index (χ3v) is 9.40. The quantitative estimate of drug-likeness (QED) is 0.707. The molecule has 2 rings (SSSR count). The number of rotatable bonds is 3. The predicted octanol–water partition coefficient (Wildman–Crippen LogP) is 3.99. The van der Waals surface area contributed by atoms with E-state index in [9.17, 15) is 8.78 Å². The molecule has 0 atom stereocenters. The van der Waals surface area contributed by atoms with Crippen LogP contribution in [-0.4, -0.2) is 29.0 Å². The van der Waals surface area contributed by atoms with E-state index in [0.29, 0.717) is 20.7 Å². The summed E-state index contributed by atoms with van der Waals surface area (Å²) in [6.07, 6.45) is 0. The van der Waals surface area contributed by atoms with Crippen molar-refractivity contribution in [2.24, 2.45) is 0 Å². The molecule has 0 saturated carbocycles. The molecule has 0 aliphatic heterocycles. The summed E-state index contributed by atoms with van der Waals surface area (Å²) in [6, 6.07) is 3.23. The third-order valence-electron chi connectivity index (χ3n) is 2.76. The normalized spacial score (nSPS) is 11.8. The van der Waals surface area contributed by atoms with Gasteiger partial charge in [-0.05, 0) is 0 Å². The Bertz CT molecular complexity index is 500. The van der Waals surface area contributed by atoms with Crippen LogP contribution in [0.15, 0.2) is 12.1 Å². The Labute approximate surface area is 119 Å². The molecule has 0 aromatic carbocycles. The topological polar surface area (TPSA) is 0 Å². The van der Waals surface area contributed by atoms with Gasteiger partial charge in [0.2, 0.25) is 0 Å². The third kappa shape index (κ3) is 2.72. The fourth-order valence-electron chi connectivity index (χ4n) is 1.65. The van der Waals surface area contributed by atoms with Gasteiger partial charge in [-0.1, -0.05) is 0 Å². The van der Waals surface area contributed by atoms with Crippen molar-refractivity contribution in [3.63, 3.8) is 0 Å². The monoisotopic (exact) mass is 382 g/mol. The molecule has 0 spiro atoms. The summed E-state index contributed by atoms with van der Waals surface area (Å²) in [7, 11) is 0. The van der Waals surface area contributed by atoms with Crippen molar-refractivity contribution < 1.29 is 8.78 Å². The van der Waals surface area contributed by atoms with Gasteiger partial charge in [0.25, 0.3) is 0 Å². The first-order chi connectivity index (χ1) is 8.40. The second-order valence-corrected chi connectivity index (χ2v) is 9.51. The summed E-state index contributed by atoms with van der Waals surface area (Å²) in [5.74, 6) is 0.292. The van der Waals surface area contributed by atoms with Crippen LogP contribution in [0.5, 0.6) is 0 Å². The van der Waals surface area contributed by atoms with Crippen LogP contribution in [0.2, 0.25) is 0 Å². The molecule has 2 heterocycles. The average molecular weight is 380 g/mol. The van der Waals surface area contributed by atoms with Crippen LogP contribution in [0.4, 0.5) is 8.78 Å². The van der Waals surface area contributed by atoms with E-state index < -0.39 is 0 Å². The van der Waals surface area contributed by atoms with Crippen LogP contribution in [0.1, 0.15) is 48.4 Å². The maximum absolute atomic E-state index is 14.0. The van der Waals surface area contributed by atoms with Crippen LogP contribution in [0.25, 0.3) is 8.87 Å². The molecule has 2 aromatic rings. The molecule has 0 aliphatic carbocycles. The molecule has 0 unspecified atom stereocenters. The van der Waals surface area contributed by atoms with Crippen LogP contribution >= 0.6 is 0 Å². The van der Waals surface area contributed by atoms with Crippen molar-refractivity contribution >= 4 is 29.0 Å². The van der Waals surface area contributed by atoms with E-state index >= 15 is 0 Å². The fourth-order valence-corrected chi connectivity index (χ4v) is 6.67. The van der Waals surface area contributed by atoms with E-state index in [1.807, 2.05) is 0 Å². The van der Waals surface area contributed by atoms with Crippen molar-refractivity contribution in [1.82, 2.24) is 0 Å². The molecule has 0 nitrogen and oxygen atoms in total. The molecular weight excluding hydrogens is 364 g/mol. The minimum atomic E-state index is -0.205. The Morgan fingerprint density at radius 3 is 1.33 bits per heavy atom. The van der Waals surface area contributed by atoms with Gasteiger partial charge >= 0.3 is 119 Å². The molecule has 0 bridgehead atoms. The molecule has 2 aromatic heterocycles. The van der Waals surface area contributed by atoms with Crippen LogP contribution in [0.3, 0.4) is 0 Å². The molecule has 4 heteroatoms. The van der Waals surface area contributed by atoms with Crippen molar-refractivity contribution in [2.45, 2.75) is 39.5 Å². The summed E-state index contributed by atoms with van der Waals surface area (Å²) < 4.78 is 31.5. The molecule has 0 amide bonds. The van der Waals surface area contributed by atoms with Crippen molar-refractivity contribution in [3.05, 3.63) is 32.6 Å². The molecule has 0 saturated heterocycles. The summed E-state index contributed by atoms with van der Waals surface area (Å²) >= 11 is -0.0696. The van der Waals surface area contributed by atoms with Gasteiger partial charge in [-0.15, -0.1) is 0 Å². The Morgan fingerprint density at radius 2 is 1.11 bits per heavy atom. The summed E-state index contributed by atoms with van der Waals surface area (Å²) in [5, 5.41) is 0. The molecular formula is C14H16F2Se2. The van der Waals surface area contributed by atoms with E-state index in [-0.39, 0.29) is 40.6 Å². The maximum atomic E-state index is 14.0. The van der Waals surface area contributed by atoms with Gasteiger partial charge in [0.05, 0.1) is 0 Å². The van der Waals surface area contributed by atoms with Crippen LogP contribution in [0, 0.1) is 11.6 Å². The van der Waals surface area contributed by atoms with E-state index in [0.717, 1.165) is 8.87 Å². The molecule has 0 N–H and O–H groups in total. The van der Waals surface area contributed by atoms with Gasteiger partial charge in [-0.2, -0.15) is 0 Å². The first-order valence-electron chi connectivity index (χ1n) is 5.99. The zero-order valence-electron chi connectivity index (χ0n) is 10.9. The minimum absolute atomic E-state index is 0.0348.